The predicted octanol–water partition coefficient (Wildman–Crippen LogP) is 1.86. The van der Waals surface area contributed by atoms with Gasteiger partial charge in [0.25, 0.3) is 5.56 Å². The molecule has 2 heterocycles. The molecule has 0 saturated heterocycles. The summed E-state index contributed by atoms with van der Waals surface area (Å²) >= 11 is 1.08. The number of nitrogens with zero attached hydrogens (tertiary/aromatic N) is 6. The van der Waals surface area contributed by atoms with E-state index in [-0.39, 0.29) is 35.5 Å². The van der Waals surface area contributed by atoms with Gasteiger partial charge in [-0.2, -0.15) is 0 Å². The van der Waals surface area contributed by atoms with Crippen molar-refractivity contribution in [1.29, 1.82) is 0 Å². The minimum Gasteiger partial charge on any atom is -0.384 e. The first-order chi connectivity index (χ1) is 16.1. The second-order valence-corrected chi connectivity index (χ2v) is 9.01. The summed E-state index contributed by atoms with van der Waals surface area (Å²) in [6.45, 7) is 4.10. The molecule has 0 saturated carbocycles. The number of thioether (sulfide) groups is 1. The van der Waals surface area contributed by atoms with E-state index in [2.05, 4.69) is 10.2 Å². The van der Waals surface area contributed by atoms with Crippen LogP contribution in [0.3, 0.4) is 0 Å². The number of halogens is 1. The van der Waals surface area contributed by atoms with Gasteiger partial charge in [-0.25, -0.2) is 9.18 Å². The zero-order chi connectivity index (χ0) is 25.2. The third kappa shape index (κ3) is 4.82. The van der Waals surface area contributed by atoms with Crippen LogP contribution < -0.4 is 17.0 Å². The van der Waals surface area contributed by atoms with Crippen molar-refractivity contribution < 1.29 is 9.18 Å². The van der Waals surface area contributed by atoms with E-state index in [4.69, 9.17) is 5.73 Å². The number of aromatic nitrogens is 5. The number of nitrogen functional groups attached to an aromatic ring is 1. The van der Waals surface area contributed by atoms with Crippen molar-refractivity contribution in [2.45, 2.75) is 38.0 Å². The molecule has 10 nitrogen and oxygen atoms in total. The number of benzene rings is 1. The van der Waals surface area contributed by atoms with Gasteiger partial charge in [0, 0.05) is 19.3 Å². The Kier molecular flexibility index (Phi) is 7.72. The fraction of sp³-hybridized carbons (Fsp3) is 0.409. The molecular weight excluding hydrogens is 461 g/mol. The van der Waals surface area contributed by atoms with Crippen molar-refractivity contribution >= 4 is 23.4 Å². The lowest BCUT2D eigenvalue weighted by atomic mass is 10.2. The van der Waals surface area contributed by atoms with Crippen molar-refractivity contribution in [1.82, 2.24) is 28.8 Å². The summed E-state index contributed by atoms with van der Waals surface area (Å²) in [6.07, 6.45) is 0.609. The monoisotopic (exact) mass is 489 g/mol. The lowest BCUT2D eigenvalue weighted by Crippen LogP contribution is -2.42. The van der Waals surface area contributed by atoms with Crippen LogP contribution in [0.5, 0.6) is 0 Å². The van der Waals surface area contributed by atoms with Gasteiger partial charge in [-0.15, -0.1) is 10.2 Å². The zero-order valence-electron chi connectivity index (χ0n) is 19.8. The molecule has 0 unspecified atom stereocenters. The van der Waals surface area contributed by atoms with E-state index in [1.165, 1.54) is 23.7 Å². The van der Waals surface area contributed by atoms with E-state index in [9.17, 15) is 18.8 Å². The number of nitrogens with two attached hydrogens (primary N) is 1. The Morgan fingerprint density at radius 1 is 1.21 bits per heavy atom. The number of Topliss-reactive ketones (excluding diaryl/α,β-unsaturated/α-hetero) is 1. The Morgan fingerprint density at radius 3 is 2.44 bits per heavy atom. The molecule has 0 amide bonds. The highest BCUT2D eigenvalue weighted by molar-refractivity contribution is 7.99. The third-order valence-electron chi connectivity index (χ3n) is 5.53. The largest absolute Gasteiger partial charge is 0.384 e. The molecule has 0 bridgehead atoms. The Balaban J connectivity index is 1.99. The number of ketones is 1. The maximum atomic E-state index is 13.5. The fourth-order valence-electron chi connectivity index (χ4n) is 3.40. The quantitative estimate of drug-likeness (QED) is 0.357. The second-order valence-electron chi connectivity index (χ2n) is 8.06. The van der Waals surface area contributed by atoms with Gasteiger partial charge in [0.1, 0.15) is 17.2 Å². The van der Waals surface area contributed by atoms with E-state index in [1.54, 1.807) is 16.7 Å². The molecule has 1 aromatic carbocycles. The molecule has 0 spiro atoms. The number of carbonyl (C=O) groups is 1. The first kappa shape index (κ1) is 25.4. The van der Waals surface area contributed by atoms with Crippen LogP contribution in [0, 0.1) is 5.82 Å². The predicted molar refractivity (Wildman–Crippen MR) is 129 cm³/mol. The van der Waals surface area contributed by atoms with Gasteiger partial charge in [0.15, 0.2) is 16.8 Å². The van der Waals surface area contributed by atoms with Crippen molar-refractivity contribution in [3.63, 3.8) is 0 Å². The van der Waals surface area contributed by atoms with Crippen LogP contribution in [0.2, 0.25) is 0 Å². The molecule has 3 aromatic rings. The molecule has 2 aromatic heterocycles. The van der Waals surface area contributed by atoms with Crippen molar-refractivity contribution in [3.8, 4) is 5.69 Å². The van der Waals surface area contributed by atoms with Gasteiger partial charge in [-0.3, -0.25) is 28.2 Å². The highest BCUT2D eigenvalue weighted by Gasteiger charge is 2.24. The molecule has 2 N–H and O–H groups in total. The maximum Gasteiger partial charge on any atom is 0.332 e. The molecular formula is C22H28FN7O3S. The molecule has 0 radical (unpaired) electrons. The van der Waals surface area contributed by atoms with Crippen LogP contribution in [0.25, 0.3) is 5.69 Å². The van der Waals surface area contributed by atoms with Crippen molar-refractivity contribution in [2.75, 3.05) is 25.6 Å². The SMILES string of the molecule is CCCn1c(N)c(C(=O)CSc2nnc([C@H](C)N(C)C)n2-c2ccc(F)cc2)c(=O)n(C)c1=O. The molecule has 182 valence electrons. The van der Waals surface area contributed by atoms with Gasteiger partial charge in [0.05, 0.1) is 11.8 Å². The summed E-state index contributed by atoms with van der Waals surface area (Å²) in [5.74, 6) is -0.582. The summed E-state index contributed by atoms with van der Waals surface area (Å²) in [6, 6.07) is 5.75. The average molecular weight is 490 g/mol. The topological polar surface area (TPSA) is 121 Å². The van der Waals surface area contributed by atoms with Crippen LogP contribution in [-0.2, 0) is 13.6 Å². The molecule has 0 aliphatic heterocycles. The Hall–Kier alpha value is -3.25. The van der Waals surface area contributed by atoms with Gasteiger partial charge >= 0.3 is 5.69 Å². The summed E-state index contributed by atoms with van der Waals surface area (Å²) in [5.41, 5.74) is 5.18. The van der Waals surface area contributed by atoms with Gasteiger partial charge in [-0.1, -0.05) is 18.7 Å². The molecule has 3 rings (SSSR count). The van der Waals surface area contributed by atoms with E-state index in [1.807, 2.05) is 32.8 Å². The number of hydrogen-bond acceptors (Lipinski definition) is 8. The third-order valence-corrected chi connectivity index (χ3v) is 6.46. The highest BCUT2D eigenvalue weighted by Crippen LogP contribution is 2.27. The first-order valence-corrected chi connectivity index (χ1v) is 11.7. The average Bonchev–Trinajstić information content (AvgIpc) is 3.23. The number of rotatable bonds is 9. The van der Waals surface area contributed by atoms with Crippen LogP contribution >= 0.6 is 11.8 Å². The lowest BCUT2D eigenvalue weighted by molar-refractivity contribution is 0.102. The first-order valence-electron chi connectivity index (χ1n) is 10.7. The van der Waals surface area contributed by atoms with Crippen molar-refractivity contribution in [2.24, 2.45) is 7.05 Å². The molecule has 0 aliphatic rings. The molecule has 0 fully saturated rings. The number of anilines is 1. The van der Waals surface area contributed by atoms with Gasteiger partial charge in [-0.05, 0) is 51.7 Å². The van der Waals surface area contributed by atoms with Gasteiger partial charge < -0.3 is 5.73 Å². The second kappa shape index (κ2) is 10.3. The molecule has 0 aliphatic carbocycles. The van der Waals surface area contributed by atoms with Crippen LogP contribution in [0.15, 0.2) is 39.0 Å². The zero-order valence-corrected chi connectivity index (χ0v) is 20.6. The molecule has 34 heavy (non-hydrogen) atoms. The van der Waals surface area contributed by atoms with E-state index in [0.29, 0.717) is 23.1 Å². The van der Waals surface area contributed by atoms with Crippen LogP contribution in [-0.4, -0.2) is 54.4 Å². The smallest absolute Gasteiger partial charge is 0.332 e. The fourth-order valence-corrected chi connectivity index (χ4v) is 4.23. The minimum atomic E-state index is -0.734. The maximum absolute atomic E-state index is 13.5. The van der Waals surface area contributed by atoms with E-state index < -0.39 is 17.0 Å². The Morgan fingerprint density at radius 2 is 1.85 bits per heavy atom. The molecule has 1 atom stereocenters. The highest BCUT2D eigenvalue weighted by atomic mass is 32.2. The molecule has 12 heteroatoms. The number of carbonyl (C=O) groups excluding carboxylic acids is 1. The summed E-state index contributed by atoms with van der Waals surface area (Å²) < 4.78 is 17.4. The van der Waals surface area contributed by atoms with Crippen molar-refractivity contribution in [3.05, 3.63) is 62.3 Å². The summed E-state index contributed by atoms with van der Waals surface area (Å²) in [4.78, 5) is 40.1. The van der Waals surface area contributed by atoms with Gasteiger partial charge in [0.2, 0.25) is 0 Å². The summed E-state index contributed by atoms with van der Waals surface area (Å²) in [5, 5.41) is 8.94. The standard InChI is InChI=1S/C22H28FN7O3S/c1-6-11-29-18(24)17(20(32)28(5)22(29)33)16(31)12-34-21-26-25-19(13(2)27(3)4)30(21)15-9-7-14(23)8-10-15/h7-10,13H,6,11-12,24H2,1-5H3/t13-/m0/s1. The Bertz CT molecular complexity index is 1310. The number of hydrogen-bond donors (Lipinski definition) is 1. The minimum absolute atomic E-state index is 0.122. The Labute approximate surface area is 200 Å². The normalized spacial score (nSPS) is 12.3. The van der Waals surface area contributed by atoms with E-state index >= 15 is 0 Å². The van der Waals surface area contributed by atoms with Crippen LogP contribution in [0.4, 0.5) is 10.2 Å². The lowest BCUT2D eigenvalue weighted by Gasteiger charge is -2.20. The van der Waals surface area contributed by atoms with E-state index in [0.717, 1.165) is 16.3 Å². The summed E-state index contributed by atoms with van der Waals surface area (Å²) in [7, 11) is 5.11. The van der Waals surface area contributed by atoms with Crippen LogP contribution in [0.1, 0.15) is 42.5 Å².